The van der Waals surface area contributed by atoms with Gasteiger partial charge < -0.3 is 5.32 Å². The summed E-state index contributed by atoms with van der Waals surface area (Å²) in [6.07, 6.45) is 3.39. The van der Waals surface area contributed by atoms with Crippen LogP contribution in [-0.4, -0.2) is 40.4 Å². The number of hydrogen-bond acceptors (Lipinski definition) is 3. The Hall–Kier alpha value is -0.390. The predicted octanol–water partition coefficient (Wildman–Crippen LogP) is 2.32. The summed E-state index contributed by atoms with van der Waals surface area (Å²) >= 11 is 3.70. The molecule has 2 heterocycles. The fourth-order valence-corrected chi connectivity index (χ4v) is 3.40. The van der Waals surface area contributed by atoms with Crippen molar-refractivity contribution in [2.75, 3.05) is 20.1 Å². The summed E-state index contributed by atoms with van der Waals surface area (Å²) in [6, 6.07) is 0. The van der Waals surface area contributed by atoms with Gasteiger partial charge in [-0.25, -0.2) is 0 Å². The molecular weight excluding hydrogens is 304 g/mol. The lowest BCUT2D eigenvalue weighted by Crippen LogP contribution is -2.49. The molecular formula is C14H25BrN4. The van der Waals surface area contributed by atoms with Gasteiger partial charge in [0.05, 0.1) is 15.9 Å². The van der Waals surface area contributed by atoms with Crippen LogP contribution in [0.1, 0.15) is 38.1 Å². The first kappa shape index (κ1) is 15.0. The van der Waals surface area contributed by atoms with Crippen molar-refractivity contribution in [3.8, 4) is 0 Å². The van der Waals surface area contributed by atoms with Crippen LogP contribution >= 0.6 is 15.9 Å². The average Bonchev–Trinajstić information content (AvgIpc) is 2.69. The first-order valence-electron chi connectivity index (χ1n) is 7.10. The Bertz CT molecular complexity index is 433. The highest BCUT2D eigenvalue weighted by Crippen LogP contribution is 2.26. The van der Waals surface area contributed by atoms with E-state index >= 15 is 0 Å². The number of nitrogens with one attached hydrogen (secondary N) is 1. The van der Waals surface area contributed by atoms with Crippen LogP contribution in [0.2, 0.25) is 0 Å². The van der Waals surface area contributed by atoms with Gasteiger partial charge in [0.1, 0.15) is 0 Å². The van der Waals surface area contributed by atoms with E-state index in [0.717, 1.165) is 31.7 Å². The number of likely N-dealkylation sites (tertiary alicyclic amines) is 1. The molecule has 1 N–H and O–H groups in total. The average molecular weight is 329 g/mol. The largest absolute Gasteiger partial charge is 0.314 e. The molecule has 108 valence electrons. The van der Waals surface area contributed by atoms with Crippen LogP contribution in [-0.2, 0) is 20.0 Å². The molecule has 19 heavy (non-hydrogen) atoms. The molecule has 5 heteroatoms. The van der Waals surface area contributed by atoms with E-state index in [2.05, 4.69) is 52.1 Å². The van der Waals surface area contributed by atoms with E-state index in [0.29, 0.717) is 5.54 Å². The second-order valence-electron chi connectivity index (χ2n) is 5.77. The van der Waals surface area contributed by atoms with Crippen LogP contribution in [0, 0.1) is 0 Å². The maximum atomic E-state index is 4.57. The van der Waals surface area contributed by atoms with Crippen LogP contribution < -0.4 is 5.32 Å². The van der Waals surface area contributed by atoms with Gasteiger partial charge in [0.15, 0.2) is 0 Å². The van der Waals surface area contributed by atoms with Crippen molar-refractivity contribution in [2.45, 2.75) is 45.2 Å². The minimum Gasteiger partial charge on any atom is -0.314 e. The molecule has 1 aliphatic heterocycles. The molecule has 4 nitrogen and oxygen atoms in total. The highest BCUT2D eigenvalue weighted by molar-refractivity contribution is 9.10. The van der Waals surface area contributed by atoms with E-state index < -0.39 is 0 Å². The molecule has 1 aromatic heterocycles. The number of aryl methyl sites for hydroxylation is 2. The topological polar surface area (TPSA) is 33.1 Å². The molecule has 2 rings (SSSR count). The molecule has 0 amide bonds. The molecule has 0 unspecified atom stereocenters. The summed E-state index contributed by atoms with van der Waals surface area (Å²) in [5, 5.41) is 8.02. The molecule has 1 aliphatic rings. The minimum absolute atomic E-state index is 0.314. The number of aromatic nitrogens is 2. The van der Waals surface area contributed by atoms with E-state index in [-0.39, 0.29) is 0 Å². The molecule has 1 aromatic rings. The van der Waals surface area contributed by atoms with Crippen molar-refractivity contribution in [2.24, 2.45) is 7.05 Å². The number of halogens is 1. The number of rotatable bonds is 4. The summed E-state index contributed by atoms with van der Waals surface area (Å²) in [7, 11) is 4.11. The zero-order chi connectivity index (χ0) is 14.0. The second kappa shape index (κ2) is 5.94. The van der Waals surface area contributed by atoms with E-state index in [4.69, 9.17) is 0 Å². The molecule has 0 spiro atoms. The predicted molar refractivity (Wildman–Crippen MR) is 82.3 cm³/mol. The van der Waals surface area contributed by atoms with Gasteiger partial charge >= 0.3 is 0 Å². The quantitative estimate of drug-likeness (QED) is 0.920. The SMILES string of the molecule is CCc1nn(C)c(CN2CCC(C)(NC)CC2)c1Br. The second-order valence-corrected chi connectivity index (χ2v) is 6.56. The van der Waals surface area contributed by atoms with Gasteiger partial charge in [0.2, 0.25) is 0 Å². The molecule has 1 saturated heterocycles. The van der Waals surface area contributed by atoms with Crippen molar-refractivity contribution < 1.29 is 0 Å². The minimum atomic E-state index is 0.314. The highest BCUT2D eigenvalue weighted by atomic mass is 79.9. The Morgan fingerprint density at radius 2 is 2.00 bits per heavy atom. The summed E-state index contributed by atoms with van der Waals surface area (Å²) in [5.74, 6) is 0. The monoisotopic (exact) mass is 328 g/mol. The Morgan fingerprint density at radius 1 is 1.37 bits per heavy atom. The molecule has 0 saturated carbocycles. The lowest BCUT2D eigenvalue weighted by Gasteiger charge is -2.39. The molecule has 1 fully saturated rings. The fraction of sp³-hybridized carbons (Fsp3) is 0.786. The van der Waals surface area contributed by atoms with E-state index in [1.54, 1.807) is 0 Å². The third-order valence-corrected chi connectivity index (χ3v) is 5.35. The van der Waals surface area contributed by atoms with Gasteiger partial charge in [-0.2, -0.15) is 5.10 Å². The standard InChI is InChI=1S/C14H25BrN4/c1-5-11-13(15)12(18(4)17-11)10-19-8-6-14(2,16-3)7-9-19/h16H,5-10H2,1-4H3. The third kappa shape index (κ3) is 3.20. The molecule has 0 aromatic carbocycles. The summed E-state index contributed by atoms with van der Waals surface area (Å²) in [6.45, 7) is 7.76. The van der Waals surface area contributed by atoms with E-state index in [9.17, 15) is 0 Å². The van der Waals surface area contributed by atoms with Gasteiger partial charge in [-0.05, 0) is 49.2 Å². The molecule has 0 atom stereocenters. The van der Waals surface area contributed by atoms with Gasteiger partial charge in [0, 0.05) is 32.2 Å². The van der Waals surface area contributed by atoms with E-state index in [1.165, 1.54) is 23.0 Å². The smallest absolute Gasteiger partial charge is 0.0767 e. The number of nitrogens with zero attached hydrogens (tertiary/aromatic N) is 3. The Balaban J connectivity index is 2.02. The lowest BCUT2D eigenvalue weighted by atomic mass is 9.90. The third-order valence-electron chi connectivity index (χ3n) is 4.44. The van der Waals surface area contributed by atoms with Crippen LogP contribution in [0.5, 0.6) is 0 Å². The zero-order valence-corrected chi connectivity index (χ0v) is 14.0. The van der Waals surface area contributed by atoms with E-state index in [1.807, 2.05) is 11.7 Å². The Morgan fingerprint density at radius 3 is 2.47 bits per heavy atom. The normalized spacial score (nSPS) is 19.8. The van der Waals surface area contributed by atoms with Gasteiger partial charge in [0.25, 0.3) is 0 Å². The molecule has 0 radical (unpaired) electrons. The fourth-order valence-electron chi connectivity index (χ4n) is 2.66. The van der Waals surface area contributed by atoms with Crippen molar-refractivity contribution in [1.82, 2.24) is 20.0 Å². The van der Waals surface area contributed by atoms with Crippen LogP contribution in [0.25, 0.3) is 0 Å². The number of hydrogen-bond donors (Lipinski definition) is 1. The summed E-state index contributed by atoms with van der Waals surface area (Å²) < 4.78 is 3.22. The number of piperidine rings is 1. The first-order chi connectivity index (χ1) is 8.99. The van der Waals surface area contributed by atoms with Crippen molar-refractivity contribution >= 4 is 15.9 Å². The molecule has 0 bridgehead atoms. The maximum absolute atomic E-state index is 4.57. The van der Waals surface area contributed by atoms with Gasteiger partial charge in [-0.3, -0.25) is 9.58 Å². The zero-order valence-electron chi connectivity index (χ0n) is 12.5. The Kier molecular flexibility index (Phi) is 4.69. The van der Waals surface area contributed by atoms with Crippen LogP contribution in [0.15, 0.2) is 4.47 Å². The van der Waals surface area contributed by atoms with Gasteiger partial charge in [-0.1, -0.05) is 6.92 Å². The molecule has 0 aliphatic carbocycles. The van der Waals surface area contributed by atoms with Crippen molar-refractivity contribution in [3.63, 3.8) is 0 Å². The summed E-state index contributed by atoms with van der Waals surface area (Å²) in [5.41, 5.74) is 2.77. The summed E-state index contributed by atoms with van der Waals surface area (Å²) in [4.78, 5) is 2.53. The maximum Gasteiger partial charge on any atom is 0.0767 e. The first-order valence-corrected chi connectivity index (χ1v) is 7.90. The Labute approximate surface area is 124 Å². The van der Waals surface area contributed by atoms with Crippen LogP contribution in [0.4, 0.5) is 0 Å². The van der Waals surface area contributed by atoms with Gasteiger partial charge in [-0.15, -0.1) is 0 Å². The van der Waals surface area contributed by atoms with Crippen molar-refractivity contribution in [3.05, 3.63) is 15.9 Å². The lowest BCUT2D eigenvalue weighted by molar-refractivity contribution is 0.143. The van der Waals surface area contributed by atoms with Crippen LogP contribution in [0.3, 0.4) is 0 Å². The van der Waals surface area contributed by atoms with Crippen molar-refractivity contribution in [1.29, 1.82) is 0 Å². The highest BCUT2D eigenvalue weighted by Gasteiger charge is 2.29.